The van der Waals surface area contributed by atoms with Crippen molar-refractivity contribution in [1.82, 2.24) is 0 Å². The lowest BCUT2D eigenvalue weighted by Gasteiger charge is -2.15. The van der Waals surface area contributed by atoms with Gasteiger partial charge in [-0.25, -0.2) is 26.3 Å². The van der Waals surface area contributed by atoms with Crippen molar-refractivity contribution in [2.75, 3.05) is 7.11 Å². The Balaban J connectivity index is 2.97. The summed E-state index contributed by atoms with van der Waals surface area (Å²) in [6, 6.07) is 0.243. The lowest BCUT2D eigenvalue weighted by molar-refractivity contribution is 0.382. The molecule has 0 atom stereocenters. The van der Waals surface area contributed by atoms with E-state index in [2.05, 4.69) is 4.74 Å². The molecule has 0 heterocycles. The first kappa shape index (κ1) is 16.3. The van der Waals surface area contributed by atoms with Crippen molar-refractivity contribution in [3.8, 4) is 16.9 Å². The molecular formula is C14H7BF6O. The summed E-state index contributed by atoms with van der Waals surface area (Å²) < 4.78 is 87.4. The van der Waals surface area contributed by atoms with Crippen molar-refractivity contribution < 1.29 is 31.1 Å². The fraction of sp³-hybridized carbons (Fsp3) is 0.143. The minimum absolute atomic E-state index is 0.243. The van der Waals surface area contributed by atoms with Gasteiger partial charge in [0.05, 0.1) is 18.2 Å². The van der Waals surface area contributed by atoms with Gasteiger partial charge in [0.15, 0.2) is 23.2 Å². The monoisotopic (exact) mass is 316 g/mol. The Bertz CT molecular complexity index is 775. The van der Waals surface area contributed by atoms with Gasteiger partial charge in [0.1, 0.15) is 25.3 Å². The van der Waals surface area contributed by atoms with Crippen LogP contribution in [0.1, 0.15) is 5.56 Å². The normalized spacial score (nSPS) is 10.9. The number of hydrogen-bond donors (Lipinski definition) is 0. The highest BCUT2D eigenvalue weighted by Gasteiger charge is 2.29. The van der Waals surface area contributed by atoms with Gasteiger partial charge in [-0.3, -0.25) is 0 Å². The van der Waals surface area contributed by atoms with Crippen LogP contribution in [0.2, 0.25) is 0 Å². The smallest absolute Gasteiger partial charge is 0.175 e. The third kappa shape index (κ3) is 2.22. The molecule has 0 amide bonds. The fourth-order valence-electron chi connectivity index (χ4n) is 1.99. The summed E-state index contributed by atoms with van der Waals surface area (Å²) in [6.45, 7) is 0.939. The second-order valence-corrected chi connectivity index (χ2v) is 4.42. The van der Waals surface area contributed by atoms with Crippen molar-refractivity contribution >= 4 is 13.3 Å². The highest BCUT2D eigenvalue weighted by Crippen LogP contribution is 2.36. The molecule has 0 aliphatic rings. The van der Waals surface area contributed by atoms with Crippen LogP contribution in [0.15, 0.2) is 6.07 Å². The van der Waals surface area contributed by atoms with E-state index in [4.69, 9.17) is 7.85 Å². The van der Waals surface area contributed by atoms with Crippen LogP contribution in [0.5, 0.6) is 5.75 Å². The van der Waals surface area contributed by atoms with E-state index in [-0.39, 0.29) is 6.07 Å². The summed E-state index contributed by atoms with van der Waals surface area (Å²) in [5, 5.41) is 0. The molecule has 0 aliphatic heterocycles. The maximum absolute atomic E-state index is 14.2. The molecule has 22 heavy (non-hydrogen) atoms. The van der Waals surface area contributed by atoms with Gasteiger partial charge >= 0.3 is 0 Å². The molecule has 0 saturated carbocycles. The second kappa shape index (κ2) is 5.59. The Labute approximate surface area is 122 Å². The van der Waals surface area contributed by atoms with Crippen LogP contribution >= 0.6 is 0 Å². The number of rotatable bonds is 2. The highest BCUT2D eigenvalue weighted by atomic mass is 19.2. The maximum atomic E-state index is 14.2. The van der Waals surface area contributed by atoms with Crippen molar-refractivity contribution in [2.45, 2.75) is 6.92 Å². The van der Waals surface area contributed by atoms with Crippen LogP contribution < -0.4 is 10.2 Å². The van der Waals surface area contributed by atoms with E-state index in [0.717, 1.165) is 14.0 Å². The van der Waals surface area contributed by atoms with Crippen LogP contribution in [0.25, 0.3) is 11.1 Å². The lowest BCUT2D eigenvalue weighted by atomic mass is 9.89. The zero-order valence-electron chi connectivity index (χ0n) is 11.3. The van der Waals surface area contributed by atoms with Crippen molar-refractivity contribution in [1.29, 1.82) is 0 Å². The first-order chi connectivity index (χ1) is 10.2. The van der Waals surface area contributed by atoms with Gasteiger partial charge in [0, 0.05) is 11.6 Å². The summed E-state index contributed by atoms with van der Waals surface area (Å²) in [5.74, 6) is -10.5. The summed E-state index contributed by atoms with van der Waals surface area (Å²) in [7, 11) is 6.06. The first-order valence-corrected chi connectivity index (χ1v) is 5.86. The zero-order chi connectivity index (χ0) is 16.8. The Kier molecular flexibility index (Phi) is 4.13. The van der Waals surface area contributed by atoms with Gasteiger partial charge in [-0.1, -0.05) is 0 Å². The molecule has 1 nitrogen and oxygen atoms in total. The Morgan fingerprint density at radius 3 is 1.95 bits per heavy atom. The molecule has 2 radical (unpaired) electrons. The van der Waals surface area contributed by atoms with Gasteiger partial charge in [-0.15, -0.1) is 0 Å². The molecule has 114 valence electrons. The molecule has 0 aliphatic carbocycles. The first-order valence-electron chi connectivity index (χ1n) is 5.86. The van der Waals surface area contributed by atoms with Crippen LogP contribution in [0.4, 0.5) is 26.3 Å². The van der Waals surface area contributed by atoms with E-state index in [1.165, 1.54) is 0 Å². The van der Waals surface area contributed by atoms with Gasteiger partial charge in [-0.2, -0.15) is 0 Å². The van der Waals surface area contributed by atoms with Gasteiger partial charge in [0.2, 0.25) is 0 Å². The molecule has 0 N–H and O–H groups in total. The van der Waals surface area contributed by atoms with E-state index in [1.807, 2.05) is 0 Å². The summed E-state index contributed by atoms with van der Waals surface area (Å²) in [4.78, 5) is 0. The minimum Gasteiger partial charge on any atom is -0.494 e. The molecule has 2 rings (SSSR count). The Morgan fingerprint density at radius 1 is 0.818 bits per heavy atom. The summed E-state index contributed by atoms with van der Waals surface area (Å²) in [5.41, 5.74) is -4.26. The SMILES string of the molecule is [B]c1c(F)c(F)c(-c2c(F)cc(F)c(C)c2F)c(F)c1OC. The van der Waals surface area contributed by atoms with Crippen LogP contribution in [-0.2, 0) is 0 Å². The predicted octanol–water partition coefficient (Wildman–Crippen LogP) is 3.30. The molecule has 0 aromatic heterocycles. The average molecular weight is 316 g/mol. The predicted molar refractivity (Wildman–Crippen MR) is 68.3 cm³/mol. The highest BCUT2D eigenvalue weighted by molar-refractivity contribution is 6.34. The standard InChI is InChI=1S/C14H7BF6O/c1-4-5(16)3-6(17)7(10(4)18)8-11(19)13(21)9(15)14(22-2)12(8)20/h3H,1-2H3. The molecule has 2 aromatic rings. The molecule has 0 spiro atoms. The van der Waals surface area contributed by atoms with Crippen molar-refractivity contribution in [3.63, 3.8) is 0 Å². The third-order valence-corrected chi connectivity index (χ3v) is 3.17. The molecule has 8 heteroatoms. The van der Waals surface area contributed by atoms with Crippen LogP contribution in [0.3, 0.4) is 0 Å². The number of halogens is 6. The molecule has 2 aromatic carbocycles. The quantitative estimate of drug-likeness (QED) is 0.469. The van der Waals surface area contributed by atoms with Crippen LogP contribution in [-0.4, -0.2) is 15.0 Å². The molecule has 0 bridgehead atoms. The van der Waals surface area contributed by atoms with E-state index >= 15 is 0 Å². The van der Waals surface area contributed by atoms with Gasteiger partial charge in [-0.05, 0) is 12.4 Å². The minimum atomic E-state index is -1.90. The Hall–Kier alpha value is -2.12. The van der Waals surface area contributed by atoms with Crippen LogP contribution in [0, 0.1) is 41.8 Å². The van der Waals surface area contributed by atoms with E-state index in [9.17, 15) is 26.3 Å². The largest absolute Gasteiger partial charge is 0.494 e. The number of benzene rings is 2. The van der Waals surface area contributed by atoms with E-state index in [0.29, 0.717) is 0 Å². The topological polar surface area (TPSA) is 9.23 Å². The van der Waals surface area contributed by atoms with Crippen molar-refractivity contribution in [3.05, 3.63) is 46.5 Å². The fourth-order valence-corrected chi connectivity index (χ4v) is 1.99. The summed E-state index contributed by atoms with van der Waals surface area (Å²) in [6.07, 6.45) is 0. The maximum Gasteiger partial charge on any atom is 0.175 e. The second-order valence-electron chi connectivity index (χ2n) is 4.42. The lowest BCUT2D eigenvalue weighted by Crippen LogP contribution is -2.18. The van der Waals surface area contributed by atoms with Gasteiger partial charge in [0.25, 0.3) is 0 Å². The van der Waals surface area contributed by atoms with Crippen molar-refractivity contribution in [2.24, 2.45) is 0 Å². The Morgan fingerprint density at radius 2 is 1.41 bits per heavy atom. The van der Waals surface area contributed by atoms with Gasteiger partial charge < -0.3 is 4.74 Å². The van der Waals surface area contributed by atoms with E-state index < -0.39 is 62.8 Å². The zero-order valence-corrected chi connectivity index (χ0v) is 11.3. The number of ether oxygens (including phenoxy) is 1. The number of hydrogen-bond acceptors (Lipinski definition) is 1. The number of methoxy groups -OCH3 is 1. The molecular weight excluding hydrogens is 309 g/mol. The molecule has 0 unspecified atom stereocenters. The molecule has 0 fully saturated rings. The van der Waals surface area contributed by atoms with E-state index in [1.54, 1.807) is 0 Å². The average Bonchev–Trinajstić information content (AvgIpc) is 2.47. The third-order valence-electron chi connectivity index (χ3n) is 3.17. The molecule has 0 saturated heterocycles. The summed E-state index contributed by atoms with van der Waals surface area (Å²) >= 11 is 0.